The van der Waals surface area contributed by atoms with Gasteiger partial charge in [0.05, 0.1) is 0 Å². The fraction of sp³-hybridized carbons (Fsp3) is 0.562. The van der Waals surface area contributed by atoms with Crippen LogP contribution in [0.4, 0.5) is 0 Å². The highest BCUT2D eigenvalue weighted by Gasteiger charge is 2.42. The smallest absolute Gasteiger partial charge is 0.194 e. The Morgan fingerprint density at radius 2 is 2.11 bits per heavy atom. The lowest BCUT2D eigenvalue weighted by atomic mass is 9.75. The molecule has 0 heterocycles. The molecule has 0 saturated heterocycles. The molecule has 1 aliphatic carbocycles. The molecule has 3 heteroatoms. The van der Waals surface area contributed by atoms with E-state index in [4.69, 9.17) is 16.3 Å². The van der Waals surface area contributed by atoms with Crippen molar-refractivity contribution in [3.05, 3.63) is 34.9 Å². The van der Waals surface area contributed by atoms with Crippen LogP contribution in [0.1, 0.15) is 49.9 Å². The zero-order valence-electron chi connectivity index (χ0n) is 11.6. The van der Waals surface area contributed by atoms with E-state index in [1.54, 1.807) is 12.1 Å². The Labute approximate surface area is 120 Å². The van der Waals surface area contributed by atoms with Gasteiger partial charge in [-0.3, -0.25) is 4.79 Å². The highest BCUT2D eigenvalue weighted by Crippen LogP contribution is 2.37. The molecule has 0 N–H and O–H groups in total. The predicted molar refractivity (Wildman–Crippen MR) is 77.8 cm³/mol. The zero-order valence-corrected chi connectivity index (χ0v) is 12.4. The Balaban J connectivity index is 2.26. The van der Waals surface area contributed by atoms with Crippen molar-refractivity contribution in [2.45, 2.75) is 45.1 Å². The Morgan fingerprint density at radius 3 is 2.68 bits per heavy atom. The second kappa shape index (κ2) is 6.06. The molecule has 0 unspecified atom stereocenters. The van der Waals surface area contributed by atoms with E-state index in [0.29, 0.717) is 23.1 Å². The summed E-state index contributed by atoms with van der Waals surface area (Å²) in [6, 6.07) is 7.17. The summed E-state index contributed by atoms with van der Waals surface area (Å²) in [4.78, 5) is 12.8. The van der Waals surface area contributed by atoms with Crippen LogP contribution in [0.2, 0.25) is 5.02 Å². The van der Waals surface area contributed by atoms with Gasteiger partial charge in [0, 0.05) is 17.2 Å². The number of ether oxygens (including phenoxy) is 1. The number of rotatable bonds is 4. The van der Waals surface area contributed by atoms with Gasteiger partial charge in [0.2, 0.25) is 0 Å². The first-order valence-corrected chi connectivity index (χ1v) is 7.39. The third-order valence-corrected chi connectivity index (χ3v) is 4.24. The molecule has 2 rings (SSSR count). The topological polar surface area (TPSA) is 26.3 Å². The summed E-state index contributed by atoms with van der Waals surface area (Å²) in [5.41, 5.74) is 0.0295. The fourth-order valence-electron chi connectivity index (χ4n) is 2.83. The highest BCUT2D eigenvalue weighted by atomic mass is 35.5. The van der Waals surface area contributed by atoms with Crippen LogP contribution in [0.5, 0.6) is 0 Å². The Morgan fingerprint density at radius 1 is 1.42 bits per heavy atom. The van der Waals surface area contributed by atoms with Crippen molar-refractivity contribution in [2.75, 3.05) is 6.61 Å². The molecule has 0 aliphatic heterocycles. The number of ketones is 1. The van der Waals surface area contributed by atoms with Crippen LogP contribution in [0.3, 0.4) is 0 Å². The van der Waals surface area contributed by atoms with E-state index < -0.39 is 5.60 Å². The molecule has 2 nitrogen and oxygen atoms in total. The van der Waals surface area contributed by atoms with Gasteiger partial charge in [-0.2, -0.15) is 0 Å². The van der Waals surface area contributed by atoms with Gasteiger partial charge in [-0.05, 0) is 50.7 Å². The molecule has 1 aromatic rings. The number of Topliss-reactive ketones (excluding diaryl/α,β-unsaturated/α-hetero) is 1. The summed E-state index contributed by atoms with van der Waals surface area (Å²) in [6.07, 6.45) is 3.72. The van der Waals surface area contributed by atoms with Crippen molar-refractivity contribution in [1.29, 1.82) is 0 Å². The molecular formula is C16H21ClO2. The van der Waals surface area contributed by atoms with Crippen LogP contribution in [0, 0.1) is 5.92 Å². The van der Waals surface area contributed by atoms with Crippen molar-refractivity contribution >= 4 is 17.4 Å². The summed E-state index contributed by atoms with van der Waals surface area (Å²) in [5, 5.41) is 0.599. The fourth-order valence-corrected chi connectivity index (χ4v) is 3.02. The molecule has 0 bridgehead atoms. The second-order valence-electron chi connectivity index (χ2n) is 5.45. The van der Waals surface area contributed by atoms with E-state index >= 15 is 0 Å². The van der Waals surface area contributed by atoms with Crippen molar-refractivity contribution < 1.29 is 9.53 Å². The van der Waals surface area contributed by atoms with Crippen molar-refractivity contribution in [2.24, 2.45) is 5.92 Å². The average molecular weight is 281 g/mol. The second-order valence-corrected chi connectivity index (χ2v) is 5.89. The minimum absolute atomic E-state index is 0.0868. The molecule has 1 fully saturated rings. The molecule has 0 aromatic heterocycles. The normalized spacial score (nSPS) is 27.2. The first-order chi connectivity index (χ1) is 9.07. The molecule has 0 atom stereocenters. The molecule has 1 aliphatic rings. The maximum atomic E-state index is 12.8. The number of hydrogen-bond acceptors (Lipinski definition) is 2. The van der Waals surface area contributed by atoms with Crippen LogP contribution in [0.15, 0.2) is 24.3 Å². The maximum absolute atomic E-state index is 12.8. The lowest BCUT2D eigenvalue weighted by molar-refractivity contribution is -0.0474. The number of halogens is 1. The van der Waals surface area contributed by atoms with E-state index in [1.165, 1.54) is 0 Å². The number of carbonyl (C=O) groups is 1. The van der Waals surface area contributed by atoms with E-state index in [-0.39, 0.29) is 5.78 Å². The van der Waals surface area contributed by atoms with Crippen LogP contribution in [-0.4, -0.2) is 18.0 Å². The predicted octanol–water partition coefficient (Wildman–Crippen LogP) is 4.51. The first kappa shape index (κ1) is 14.5. The molecule has 0 spiro atoms. The Hall–Kier alpha value is -0.860. The van der Waals surface area contributed by atoms with Crippen LogP contribution < -0.4 is 0 Å². The Kier molecular flexibility index (Phi) is 4.64. The standard InChI is InChI=1S/C16H21ClO2/c1-3-19-16(9-7-12(2)8-10-16)15(18)13-5-4-6-14(17)11-13/h4-6,11-12H,3,7-10H2,1-2H3. The molecule has 1 aromatic carbocycles. The third-order valence-electron chi connectivity index (χ3n) is 4.00. The molecule has 19 heavy (non-hydrogen) atoms. The van der Waals surface area contributed by atoms with Crippen LogP contribution in [0.25, 0.3) is 0 Å². The summed E-state index contributed by atoms with van der Waals surface area (Å²) >= 11 is 5.98. The number of benzene rings is 1. The van der Waals surface area contributed by atoms with E-state index in [2.05, 4.69) is 6.92 Å². The monoisotopic (exact) mass is 280 g/mol. The van der Waals surface area contributed by atoms with E-state index in [1.807, 2.05) is 19.1 Å². The van der Waals surface area contributed by atoms with Gasteiger partial charge in [0.25, 0.3) is 0 Å². The number of carbonyl (C=O) groups excluding carboxylic acids is 1. The van der Waals surface area contributed by atoms with E-state index in [9.17, 15) is 4.79 Å². The quantitative estimate of drug-likeness (QED) is 0.759. The summed E-state index contributed by atoms with van der Waals surface area (Å²) in [7, 11) is 0. The molecule has 0 amide bonds. The van der Waals surface area contributed by atoms with Gasteiger partial charge in [0.15, 0.2) is 5.78 Å². The summed E-state index contributed by atoms with van der Waals surface area (Å²) < 4.78 is 5.88. The van der Waals surface area contributed by atoms with Gasteiger partial charge >= 0.3 is 0 Å². The minimum Gasteiger partial charge on any atom is -0.367 e. The van der Waals surface area contributed by atoms with Crippen molar-refractivity contribution in [3.8, 4) is 0 Å². The maximum Gasteiger partial charge on any atom is 0.194 e. The third kappa shape index (κ3) is 3.18. The molecule has 0 radical (unpaired) electrons. The number of hydrogen-bond donors (Lipinski definition) is 0. The summed E-state index contributed by atoms with van der Waals surface area (Å²) in [6.45, 7) is 4.76. The van der Waals surface area contributed by atoms with Gasteiger partial charge in [-0.25, -0.2) is 0 Å². The van der Waals surface area contributed by atoms with Crippen molar-refractivity contribution in [3.63, 3.8) is 0 Å². The molecular weight excluding hydrogens is 260 g/mol. The molecule has 1 saturated carbocycles. The average Bonchev–Trinajstić information content (AvgIpc) is 2.41. The van der Waals surface area contributed by atoms with Gasteiger partial charge in [-0.15, -0.1) is 0 Å². The Bertz CT molecular complexity index is 448. The lowest BCUT2D eigenvalue weighted by Gasteiger charge is -2.37. The largest absolute Gasteiger partial charge is 0.367 e. The zero-order chi connectivity index (χ0) is 13.9. The van der Waals surface area contributed by atoms with Gasteiger partial charge in [0.1, 0.15) is 5.60 Å². The minimum atomic E-state index is -0.633. The van der Waals surface area contributed by atoms with E-state index in [0.717, 1.165) is 25.7 Å². The SMILES string of the molecule is CCOC1(C(=O)c2cccc(Cl)c2)CCC(C)CC1. The molecule has 104 valence electrons. The van der Waals surface area contributed by atoms with Crippen molar-refractivity contribution in [1.82, 2.24) is 0 Å². The first-order valence-electron chi connectivity index (χ1n) is 7.02. The van der Waals surface area contributed by atoms with Gasteiger partial charge < -0.3 is 4.74 Å². The van der Waals surface area contributed by atoms with Crippen LogP contribution in [-0.2, 0) is 4.74 Å². The summed E-state index contributed by atoms with van der Waals surface area (Å²) in [5.74, 6) is 0.768. The van der Waals surface area contributed by atoms with Crippen LogP contribution >= 0.6 is 11.6 Å². The van der Waals surface area contributed by atoms with Gasteiger partial charge in [-0.1, -0.05) is 30.7 Å². The highest BCUT2D eigenvalue weighted by molar-refractivity contribution is 6.31. The lowest BCUT2D eigenvalue weighted by Crippen LogP contribution is -2.44.